The highest BCUT2D eigenvalue weighted by atomic mass is 16.2. The van der Waals surface area contributed by atoms with E-state index in [0.717, 1.165) is 24.0 Å². The van der Waals surface area contributed by atoms with Crippen LogP contribution < -0.4 is 16.0 Å². The highest BCUT2D eigenvalue weighted by Gasteiger charge is 2.39. The van der Waals surface area contributed by atoms with Gasteiger partial charge in [-0.15, -0.1) is 0 Å². The SMILES string of the molecule is C[C@@H]1CC(NCc2cccc3c2CN(C2CCC(=O)NC2=O)C3=O)C[C@H](C)N1. The molecule has 2 unspecified atom stereocenters. The van der Waals surface area contributed by atoms with Crippen molar-refractivity contribution in [2.75, 3.05) is 0 Å². The predicted octanol–water partition coefficient (Wildman–Crippen LogP) is 1.07. The molecule has 28 heavy (non-hydrogen) atoms. The van der Waals surface area contributed by atoms with Crippen LogP contribution in [0, 0.1) is 0 Å². The molecule has 0 saturated carbocycles. The molecule has 3 heterocycles. The summed E-state index contributed by atoms with van der Waals surface area (Å²) >= 11 is 0. The molecule has 0 radical (unpaired) electrons. The minimum Gasteiger partial charge on any atom is -0.322 e. The van der Waals surface area contributed by atoms with Gasteiger partial charge < -0.3 is 15.5 Å². The number of benzene rings is 1. The van der Waals surface area contributed by atoms with E-state index >= 15 is 0 Å². The summed E-state index contributed by atoms with van der Waals surface area (Å²) in [7, 11) is 0. The topological polar surface area (TPSA) is 90.5 Å². The summed E-state index contributed by atoms with van der Waals surface area (Å²) in [5.74, 6) is -0.744. The minimum atomic E-state index is -0.565. The maximum absolute atomic E-state index is 12.9. The summed E-state index contributed by atoms with van der Waals surface area (Å²) < 4.78 is 0. The van der Waals surface area contributed by atoms with Gasteiger partial charge >= 0.3 is 0 Å². The van der Waals surface area contributed by atoms with Crippen molar-refractivity contribution in [1.29, 1.82) is 0 Å². The Labute approximate surface area is 165 Å². The van der Waals surface area contributed by atoms with Crippen LogP contribution in [0.2, 0.25) is 0 Å². The van der Waals surface area contributed by atoms with Gasteiger partial charge in [-0.2, -0.15) is 0 Å². The van der Waals surface area contributed by atoms with Gasteiger partial charge in [0.2, 0.25) is 11.8 Å². The number of nitrogens with zero attached hydrogens (tertiary/aromatic N) is 1. The highest BCUT2D eigenvalue weighted by molar-refractivity contribution is 6.05. The van der Waals surface area contributed by atoms with Crippen molar-refractivity contribution in [3.63, 3.8) is 0 Å². The summed E-state index contributed by atoms with van der Waals surface area (Å²) in [4.78, 5) is 38.2. The van der Waals surface area contributed by atoms with Crippen LogP contribution in [-0.2, 0) is 22.7 Å². The molecule has 3 N–H and O–H groups in total. The average Bonchev–Trinajstić information content (AvgIpc) is 2.97. The number of hydrogen-bond acceptors (Lipinski definition) is 5. The molecule has 7 nitrogen and oxygen atoms in total. The third kappa shape index (κ3) is 3.69. The Morgan fingerprint density at radius 1 is 1.14 bits per heavy atom. The number of piperidine rings is 2. The third-order valence-electron chi connectivity index (χ3n) is 6.11. The van der Waals surface area contributed by atoms with Gasteiger partial charge in [-0.3, -0.25) is 19.7 Å². The maximum atomic E-state index is 12.9. The molecular weight excluding hydrogens is 356 g/mol. The molecule has 2 fully saturated rings. The predicted molar refractivity (Wildman–Crippen MR) is 104 cm³/mol. The molecule has 0 spiro atoms. The standard InChI is InChI=1S/C21H28N4O3/c1-12-8-15(9-13(2)23-12)22-10-14-4-3-5-16-17(14)11-25(21(16)28)18-6-7-19(26)24-20(18)27/h3-5,12-13,15,18,22-23H,6-11H2,1-2H3,(H,24,26,27)/t12-,13+,15?,18?. The van der Waals surface area contributed by atoms with E-state index in [1.165, 1.54) is 0 Å². The van der Waals surface area contributed by atoms with Crippen LogP contribution in [0.4, 0.5) is 0 Å². The van der Waals surface area contributed by atoms with Gasteiger partial charge in [0, 0.05) is 43.2 Å². The van der Waals surface area contributed by atoms with E-state index in [0.29, 0.717) is 43.2 Å². The van der Waals surface area contributed by atoms with Crippen LogP contribution in [0.15, 0.2) is 18.2 Å². The highest BCUT2D eigenvalue weighted by Crippen LogP contribution is 2.30. The molecule has 4 rings (SSSR count). The van der Waals surface area contributed by atoms with Crippen LogP contribution >= 0.6 is 0 Å². The Hall–Kier alpha value is -2.25. The maximum Gasteiger partial charge on any atom is 0.255 e. The van der Waals surface area contributed by atoms with Gasteiger partial charge in [-0.1, -0.05) is 12.1 Å². The Morgan fingerprint density at radius 3 is 2.61 bits per heavy atom. The fraction of sp³-hybridized carbons (Fsp3) is 0.571. The monoisotopic (exact) mass is 384 g/mol. The zero-order valence-electron chi connectivity index (χ0n) is 16.5. The lowest BCUT2D eigenvalue weighted by molar-refractivity contribution is -0.136. The number of hydrogen-bond donors (Lipinski definition) is 3. The lowest BCUT2D eigenvalue weighted by Crippen LogP contribution is -2.52. The minimum absolute atomic E-state index is 0.115. The van der Waals surface area contributed by atoms with E-state index in [1.807, 2.05) is 12.1 Å². The van der Waals surface area contributed by atoms with Crippen LogP contribution in [0.3, 0.4) is 0 Å². The molecule has 2 saturated heterocycles. The molecule has 1 aromatic carbocycles. The molecule has 0 bridgehead atoms. The van der Waals surface area contributed by atoms with E-state index in [9.17, 15) is 14.4 Å². The lowest BCUT2D eigenvalue weighted by atomic mass is 9.95. The van der Waals surface area contributed by atoms with Crippen molar-refractivity contribution < 1.29 is 14.4 Å². The van der Waals surface area contributed by atoms with Gasteiger partial charge in [0.15, 0.2) is 0 Å². The number of fused-ring (bicyclic) bond motifs is 1. The Kier molecular flexibility index (Phi) is 5.21. The van der Waals surface area contributed by atoms with Gasteiger partial charge in [0.05, 0.1) is 0 Å². The number of imide groups is 1. The van der Waals surface area contributed by atoms with E-state index in [-0.39, 0.29) is 24.1 Å². The van der Waals surface area contributed by atoms with E-state index in [4.69, 9.17) is 0 Å². The first-order valence-electron chi connectivity index (χ1n) is 10.2. The molecule has 3 aliphatic heterocycles. The zero-order valence-corrected chi connectivity index (χ0v) is 16.5. The van der Waals surface area contributed by atoms with Crippen LogP contribution in [0.25, 0.3) is 0 Å². The van der Waals surface area contributed by atoms with Crippen molar-refractivity contribution in [1.82, 2.24) is 20.9 Å². The van der Waals surface area contributed by atoms with Gasteiger partial charge in [-0.25, -0.2) is 0 Å². The molecule has 7 heteroatoms. The van der Waals surface area contributed by atoms with E-state index in [2.05, 4.69) is 35.9 Å². The Morgan fingerprint density at radius 2 is 1.89 bits per heavy atom. The summed E-state index contributed by atoms with van der Waals surface area (Å²) in [6, 6.07) is 6.67. The molecule has 1 aromatic rings. The second-order valence-electron chi connectivity index (χ2n) is 8.36. The third-order valence-corrected chi connectivity index (χ3v) is 6.11. The number of amides is 3. The first-order chi connectivity index (χ1) is 13.4. The lowest BCUT2D eigenvalue weighted by Gasteiger charge is -2.33. The number of carbonyl (C=O) groups excluding carboxylic acids is 3. The average molecular weight is 384 g/mol. The zero-order chi connectivity index (χ0) is 19.8. The van der Waals surface area contributed by atoms with Crippen LogP contribution in [0.1, 0.15) is 61.0 Å². The fourth-order valence-corrected chi connectivity index (χ4v) is 4.81. The second-order valence-corrected chi connectivity index (χ2v) is 8.36. The first-order valence-corrected chi connectivity index (χ1v) is 10.2. The van der Waals surface area contributed by atoms with Crippen LogP contribution in [0.5, 0.6) is 0 Å². The molecule has 150 valence electrons. The fourth-order valence-electron chi connectivity index (χ4n) is 4.81. The van der Waals surface area contributed by atoms with Crippen molar-refractivity contribution in [2.24, 2.45) is 0 Å². The molecule has 0 aromatic heterocycles. The normalized spacial score (nSPS) is 30.4. The molecule has 4 atom stereocenters. The van der Waals surface area contributed by atoms with Crippen molar-refractivity contribution in [3.8, 4) is 0 Å². The van der Waals surface area contributed by atoms with Gasteiger partial charge in [0.25, 0.3) is 5.91 Å². The summed E-state index contributed by atoms with van der Waals surface area (Å²) in [6.45, 7) is 5.56. The Balaban J connectivity index is 1.47. The number of rotatable bonds is 4. The summed E-state index contributed by atoms with van der Waals surface area (Å²) in [5, 5.41) is 9.56. The molecule has 3 aliphatic rings. The quantitative estimate of drug-likeness (QED) is 0.676. The van der Waals surface area contributed by atoms with Gasteiger partial charge in [-0.05, 0) is 50.3 Å². The summed E-state index contributed by atoms with van der Waals surface area (Å²) in [5.41, 5.74) is 2.79. The van der Waals surface area contributed by atoms with Crippen LogP contribution in [-0.4, -0.2) is 46.8 Å². The van der Waals surface area contributed by atoms with Crippen molar-refractivity contribution in [2.45, 2.75) is 76.8 Å². The van der Waals surface area contributed by atoms with Crippen molar-refractivity contribution in [3.05, 3.63) is 34.9 Å². The molecule has 3 amide bonds. The second kappa shape index (κ2) is 7.64. The van der Waals surface area contributed by atoms with Crippen molar-refractivity contribution >= 4 is 17.7 Å². The van der Waals surface area contributed by atoms with Gasteiger partial charge in [0.1, 0.15) is 6.04 Å². The Bertz CT molecular complexity index is 799. The number of nitrogens with one attached hydrogen (secondary N) is 3. The number of carbonyl (C=O) groups is 3. The van der Waals surface area contributed by atoms with E-state index in [1.54, 1.807) is 4.90 Å². The first kappa shape index (κ1) is 19.1. The van der Waals surface area contributed by atoms with E-state index < -0.39 is 6.04 Å². The largest absolute Gasteiger partial charge is 0.322 e. The summed E-state index contributed by atoms with van der Waals surface area (Å²) in [6.07, 6.45) is 2.83. The molecule has 0 aliphatic carbocycles. The molecular formula is C21H28N4O3. The smallest absolute Gasteiger partial charge is 0.255 e.